The molecule has 2 fully saturated rings. The van der Waals surface area contributed by atoms with Gasteiger partial charge in [-0.2, -0.15) is 4.31 Å². The van der Waals surface area contributed by atoms with Gasteiger partial charge in [0.05, 0.1) is 12.1 Å². The number of hydrogen-bond acceptors (Lipinski definition) is 5. The van der Waals surface area contributed by atoms with Gasteiger partial charge in [-0.25, -0.2) is 8.42 Å². The van der Waals surface area contributed by atoms with Crippen LogP contribution in [0.3, 0.4) is 0 Å². The van der Waals surface area contributed by atoms with Crippen molar-refractivity contribution in [2.45, 2.75) is 55.1 Å². The first kappa shape index (κ1) is 15.4. The molecule has 2 aliphatic rings. The summed E-state index contributed by atoms with van der Waals surface area (Å²) in [5.74, 6) is 0. The molecule has 2 unspecified atom stereocenters. The molecule has 1 aromatic heterocycles. The maximum absolute atomic E-state index is 12.7. The van der Waals surface area contributed by atoms with Crippen LogP contribution in [0, 0.1) is 0 Å². The molecule has 0 radical (unpaired) electrons. The second-order valence-electron chi connectivity index (χ2n) is 5.88. The number of nitrogens with zero attached hydrogens (tertiary/aromatic N) is 1. The first-order valence-corrected chi connectivity index (χ1v) is 9.71. The first-order valence-electron chi connectivity index (χ1n) is 7.39. The van der Waals surface area contributed by atoms with Gasteiger partial charge < -0.3 is 10.1 Å². The lowest BCUT2D eigenvalue weighted by Crippen LogP contribution is -2.40. The van der Waals surface area contributed by atoms with Gasteiger partial charge in [0.25, 0.3) is 10.0 Å². The van der Waals surface area contributed by atoms with Crippen molar-refractivity contribution in [1.29, 1.82) is 0 Å². The van der Waals surface area contributed by atoms with Gasteiger partial charge in [0.2, 0.25) is 0 Å². The van der Waals surface area contributed by atoms with Gasteiger partial charge in [-0.1, -0.05) is 0 Å². The summed E-state index contributed by atoms with van der Waals surface area (Å²) in [5, 5.41) is 5.34. The molecule has 1 saturated carbocycles. The van der Waals surface area contributed by atoms with Crippen LogP contribution in [0.15, 0.2) is 15.7 Å². The molecule has 0 aromatic carbocycles. The zero-order valence-corrected chi connectivity index (χ0v) is 14.0. The summed E-state index contributed by atoms with van der Waals surface area (Å²) in [6, 6.07) is 2.36. The third-order valence-corrected chi connectivity index (χ3v) is 7.59. The Kier molecular flexibility index (Phi) is 4.38. The summed E-state index contributed by atoms with van der Waals surface area (Å²) >= 11 is 1.31. The Balaban J connectivity index is 1.71. The van der Waals surface area contributed by atoms with Crippen molar-refractivity contribution in [3.63, 3.8) is 0 Å². The Bertz CT molecular complexity index is 595. The summed E-state index contributed by atoms with van der Waals surface area (Å²) in [6.07, 6.45) is 3.19. The molecule has 2 heterocycles. The number of nitrogens with one attached hydrogen (secondary N) is 1. The van der Waals surface area contributed by atoms with Crippen molar-refractivity contribution < 1.29 is 13.2 Å². The molecule has 7 heteroatoms. The molecule has 1 aliphatic carbocycles. The second kappa shape index (κ2) is 5.96. The van der Waals surface area contributed by atoms with E-state index in [4.69, 9.17) is 4.74 Å². The number of likely N-dealkylation sites (N-methyl/N-ethyl adjacent to an activating group) is 1. The average molecular weight is 330 g/mol. The van der Waals surface area contributed by atoms with Crippen LogP contribution in [0.25, 0.3) is 0 Å². The summed E-state index contributed by atoms with van der Waals surface area (Å²) in [6.45, 7) is 3.32. The van der Waals surface area contributed by atoms with E-state index in [1.807, 2.05) is 12.3 Å². The number of rotatable bonds is 6. The van der Waals surface area contributed by atoms with Gasteiger partial charge in [0.1, 0.15) is 4.21 Å². The molecule has 2 atom stereocenters. The fourth-order valence-electron chi connectivity index (χ4n) is 2.65. The largest absolute Gasteiger partial charge is 0.377 e. The van der Waals surface area contributed by atoms with Crippen LogP contribution < -0.4 is 5.32 Å². The van der Waals surface area contributed by atoms with E-state index in [0.717, 1.165) is 18.5 Å². The van der Waals surface area contributed by atoms with E-state index in [2.05, 4.69) is 5.32 Å². The minimum absolute atomic E-state index is 0.0410. The molecule has 1 aliphatic heterocycles. The van der Waals surface area contributed by atoms with E-state index in [9.17, 15) is 8.42 Å². The molecule has 1 N–H and O–H groups in total. The minimum Gasteiger partial charge on any atom is -0.377 e. The normalized spacial score (nSPS) is 26.6. The smallest absolute Gasteiger partial charge is 0.252 e. The van der Waals surface area contributed by atoms with Gasteiger partial charge in [0, 0.05) is 26.2 Å². The second-order valence-corrected chi connectivity index (χ2v) is 9.02. The monoisotopic (exact) mass is 330 g/mol. The van der Waals surface area contributed by atoms with Crippen molar-refractivity contribution in [3.05, 3.63) is 17.0 Å². The van der Waals surface area contributed by atoms with E-state index in [0.29, 0.717) is 16.9 Å². The Morgan fingerprint density at radius 3 is 2.81 bits per heavy atom. The highest BCUT2D eigenvalue weighted by atomic mass is 32.2. The van der Waals surface area contributed by atoms with Crippen molar-refractivity contribution in [3.8, 4) is 0 Å². The maximum atomic E-state index is 12.7. The molecule has 5 nitrogen and oxygen atoms in total. The third-order valence-electron chi connectivity index (χ3n) is 4.24. The van der Waals surface area contributed by atoms with Crippen LogP contribution >= 0.6 is 11.3 Å². The summed E-state index contributed by atoms with van der Waals surface area (Å²) in [4.78, 5) is 0. The fourth-order valence-corrected chi connectivity index (χ4v) is 5.49. The standard InChI is InChI=1S/C14H22N2O3S2/c1-10-13(5-6-19-10)16(2)21(17,18)14-7-11(9-20-14)8-15-12-3-4-12/h7,9-10,12-13,15H,3-6,8H2,1-2H3. The summed E-state index contributed by atoms with van der Waals surface area (Å²) in [7, 11) is -1.75. The number of ether oxygens (including phenoxy) is 1. The van der Waals surface area contributed by atoms with E-state index in [1.54, 1.807) is 13.1 Å². The zero-order valence-electron chi connectivity index (χ0n) is 12.4. The van der Waals surface area contributed by atoms with E-state index in [-0.39, 0.29) is 12.1 Å². The molecule has 1 saturated heterocycles. The SMILES string of the molecule is CC1OCCC1N(C)S(=O)(=O)c1cc(CNC2CC2)cs1. The highest BCUT2D eigenvalue weighted by molar-refractivity contribution is 7.91. The van der Waals surface area contributed by atoms with Gasteiger partial charge >= 0.3 is 0 Å². The van der Waals surface area contributed by atoms with Crippen molar-refractivity contribution in [2.24, 2.45) is 0 Å². The van der Waals surface area contributed by atoms with Gasteiger partial charge in [0.15, 0.2) is 0 Å². The van der Waals surface area contributed by atoms with Crippen LogP contribution in [0.1, 0.15) is 31.7 Å². The minimum atomic E-state index is -3.41. The average Bonchev–Trinajstić information content (AvgIpc) is 2.98. The van der Waals surface area contributed by atoms with Crippen LogP contribution in [-0.4, -0.2) is 44.6 Å². The lowest BCUT2D eigenvalue weighted by molar-refractivity contribution is 0.102. The lowest BCUT2D eigenvalue weighted by atomic mass is 10.2. The number of sulfonamides is 1. The molecule has 21 heavy (non-hydrogen) atoms. The lowest BCUT2D eigenvalue weighted by Gasteiger charge is -2.25. The van der Waals surface area contributed by atoms with Crippen molar-refractivity contribution in [2.75, 3.05) is 13.7 Å². The Morgan fingerprint density at radius 2 is 2.19 bits per heavy atom. The molecule has 1 aromatic rings. The molecular formula is C14H22N2O3S2. The third kappa shape index (κ3) is 3.32. The van der Waals surface area contributed by atoms with E-state index < -0.39 is 10.0 Å². The maximum Gasteiger partial charge on any atom is 0.252 e. The van der Waals surface area contributed by atoms with Gasteiger partial charge in [-0.05, 0) is 43.2 Å². The Hall–Kier alpha value is -0.470. The zero-order chi connectivity index (χ0) is 15.0. The van der Waals surface area contributed by atoms with Crippen molar-refractivity contribution in [1.82, 2.24) is 9.62 Å². The highest BCUT2D eigenvalue weighted by Gasteiger charge is 2.36. The highest BCUT2D eigenvalue weighted by Crippen LogP contribution is 2.29. The molecule has 118 valence electrons. The van der Waals surface area contributed by atoms with Gasteiger partial charge in [-0.15, -0.1) is 11.3 Å². The summed E-state index contributed by atoms with van der Waals surface area (Å²) in [5.41, 5.74) is 1.05. The summed E-state index contributed by atoms with van der Waals surface area (Å²) < 4.78 is 32.8. The van der Waals surface area contributed by atoms with Gasteiger partial charge in [-0.3, -0.25) is 0 Å². The predicted octanol–water partition coefficient (Wildman–Crippen LogP) is 1.80. The Morgan fingerprint density at radius 1 is 1.43 bits per heavy atom. The topological polar surface area (TPSA) is 58.6 Å². The molecule has 0 bridgehead atoms. The fraction of sp³-hybridized carbons (Fsp3) is 0.714. The molecular weight excluding hydrogens is 308 g/mol. The van der Waals surface area contributed by atoms with Crippen LogP contribution in [-0.2, 0) is 21.3 Å². The van der Waals surface area contributed by atoms with Crippen LogP contribution in [0.5, 0.6) is 0 Å². The molecule has 0 spiro atoms. The quantitative estimate of drug-likeness (QED) is 0.864. The predicted molar refractivity (Wildman–Crippen MR) is 82.9 cm³/mol. The Labute approximate surface area is 130 Å². The number of thiophene rings is 1. The van der Waals surface area contributed by atoms with Crippen LogP contribution in [0.4, 0.5) is 0 Å². The molecule has 0 amide bonds. The van der Waals surface area contributed by atoms with Crippen LogP contribution in [0.2, 0.25) is 0 Å². The van der Waals surface area contributed by atoms with E-state index in [1.165, 1.54) is 28.5 Å². The molecule has 3 rings (SSSR count). The first-order chi connectivity index (χ1) is 9.98. The van der Waals surface area contributed by atoms with Crippen molar-refractivity contribution >= 4 is 21.4 Å². The van der Waals surface area contributed by atoms with E-state index >= 15 is 0 Å². The number of hydrogen-bond donors (Lipinski definition) is 1.